The van der Waals surface area contributed by atoms with Gasteiger partial charge in [-0.15, -0.1) is 0 Å². The zero-order valence-electron chi connectivity index (χ0n) is 21.0. The van der Waals surface area contributed by atoms with Gasteiger partial charge < -0.3 is 14.5 Å². The van der Waals surface area contributed by atoms with Crippen molar-refractivity contribution in [2.75, 3.05) is 49.0 Å². The van der Waals surface area contributed by atoms with Gasteiger partial charge in [-0.05, 0) is 55.5 Å². The quantitative estimate of drug-likeness (QED) is 0.306. The molecule has 0 spiro atoms. The fourth-order valence-corrected chi connectivity index (χ4v) is 7.25. The summed E-state index contributed by atoms with van der Waals surface area (Å²) in [6.45, 7) is 4.43. The molecule has 1 aliphatic heterocycles. The van der Waals surface area contributed by atoms with Gasteiger partial charge in [0.15, 0.2) is 10.9 Å². The Bertz CT molecular complexity index is 1550. The number of aromatic nitrogens is 1. The standard InChI is InChI=1S/C27H27ClN4O4S2/c1-3-32(20-7-5-4-6-8-20)38(34,35)21-11-9-19(10-12-21)26(33)30-15-17-31(18-16-30)27-29-24-23(37-27)14-13-22(28)25(24)36-2/h4-14H,3,15-18H2,1-2H3. The minimum Gasteiger partial charge on any atom is -0.493 e. The lowest BCUT2D eigenvalue weighted by atomic mass is 10.2. The van der Waals surface area contributed by atoms with E-state index in [-0.39, 0.29) is 10.8 Å². The number of anilines is 2. The molecule has 198 valence electrons. The summed E-state index contributed by atoms with van der Waals surface area (Å²) in [7, 11) is -2.17. The van der Waals surface area contributed by atoms with E-state index in [0.717, 1.165) is 15.3 Å². The monoisotopic (exact) mass is 570 g/mol. The number of amides is 1. The van der Waals surface area contributed by atoms with Crippen LogP contribution in [-0.2, 0) is 10.0 Å². The Morgan fingerprint density at radius 1 is 1.03 bits per heavy atom. The number of carbonyl (C=O) groups excluding carboxylic acids is 1. The van der Waals surface area contributed by atoms with Gasteiger partial charge in [0, 0.05) is 38.3 Å². The number of para-hydroxylation sites is 1. The molecule has 1 aromatic heterocycles. The third-order valence-corrected chi connectivity index (χ3v) is 9.81. The number of methoxy groups -OCH3 is 1. The molecule has 0 aliphatic carbocycles. The van der Waals surface area contributed by atoms with Crippen LogP contribution in [0.3, 0.4) is 0 Å². The van der Waals surface area contributed by atoms with E-state index < -0.39 is 10.0 Å². The summed E-state index contributed by atoms with van der Waals surface area (Å²) in [5, 5.41) is 1.38. The minimum absolute atomic E-state index is 0.123. The van der Waals surface area contributed by atoms with Gasteiger partial charge in [0.1, 0.15) is 5.52 Å². The lowest BCUT2D eigenvalue weighted by Crippen LogP contribution is -2.48. The van der Waals surface area contributed by atoms with Crippen molar-refractivity contribution in [3.8, 4) is 5.75 Å². The number of sulfonamides is 1. The van der Waals surface area contributed by atoms with Gasteiger partial charge in [0.25, 0.3) is 15.9 Å². The fourth-order valence-electron chi connectivity index (χ4n) is 4.53. The molecular formula is C27H27ClN4O4S2. The largest absolute Gasteiger partial charge is 0.493 e. The molecule has 0 radical (unpaired) electrons. The number of hydrogen-bond acceptors (Lipinski definition) is 7. The number of benzene rings is 3. The first-order valence-electron chi connectivity index (χ1n) is 12.2. The van der Waals surface area contributed by atoms with E-state index in [1.54, 1.807) is 72.7 Å². The highest BCUT2D eigenvalue weighted by Gasteiger charge is 2.27. The number of piperazine rings is 1. The molecule has 11 heteroatoms. The predicted molar refractivity (Wildman–Crippen MR) is 152 cm³/mol. The predicted octanol–water partition coefficient (Wildman–Crippen LogP) is 5.14. The number of carbonyl (C=O) groups is 1. The summed E-state index contributed by atoms with van der Waals surface area (Å²) >= 11 is 7.81. The van der Waals surface area contributed by atoms with Gasteiger partial charge in [-0.3, -0.25) is 9.10 Å². The molecule has 0 N–H and O–H groups in total. The summed E-state index contributed by atoms with van der Waals surface area (Å²) in [6, 6.07) is 18.9. The van der Waals surface area contributed by atoms with Gasteiger partial charge >= 0.3 is 0 Å². The number of fused-ring (bicyclic) bond motifs is 1. The van der Waals surface area contributed by atoms with Gasteiger partial charge in [-0.25, -0.2) is 13.4 Å². The number of hydrogen-bond donors (Lipinski definition) is 0. The Morgan fingerprint density at radius 2 is 1.71 bits per heavy atom. The van der Waals surface area contributed by atoms with Crippen LogP contribution < -0.4 is 13.9 Å². The van der Waals surface area contributed by atoms with E-state index in [0.29, 0.717) is 54.7 Å². The Hall–Kier alpha value is -3.34. The molecule has 1 saturated heterocycles. The van der Waals surface area contributed by atoms with E-state index >= 15 is 0 Å². The van der Waals surface area contributed by atoms with E-state index in [2.05, 4.69) is 4.90 Å². The lowest BCUT2D eigenvalue weighted by molar-refractivity contribution is 0.0746. The molecule has 1 aliphatic rings. The Kier molecular flexibility index (Phi) is 7.47. The summed E-state index contributed by atoms with van der Waals surface area (Å²) < 4.78 is 34.3. The second-order valence-electron chi connectivity index (χ2n) is 8.73. The molecule has 1 fully saturated rings. The van der Waals surface area contributed by atoms with Gasteiger partial charge in [-0.1, -0.05) is 41.1 Å². The molecule has 4 aromatic rings. The van der Waals surface area contributed by atoms with Crippen molar-refractivity contribution in [1.82, 2.24) is 9.88 Å². The van der Waals surface area contributed by atoms with Crippen LogP contribution >= 0.6 is 22.9 Å². The maximum Gasteiger partial charge on any atom is 0.264 e. The van der Waals surface area contributed by atoms with E-state index in [1.807, 2.05) is 12.1 Å². The average Bonchev–Trinajstić information content (AvgIpc) is 3.38. The van der Waals surface area contributed by atoms with Crippen LogP contribution in [-0.4, -0.2) is 64.0 Å². The summed E-state index contributed by atoms with van der Waals surface area (Å²) in [5.41, 5.74) is 1.80. The lowest BCUT2D eigenvalue weighted by Gasteiger charge is -2.34. The molecule has 5 rings (SSSR count). The topological polar surface area (TPSA) is 83.1 Å². The number of thiazole rings is 1. The van der Waals surface area contributed by atoms with E-state index in [1.165, 1.54) is 16.4 Å². The Balaban J connectivity index is 1.26. The van der Waals surface area contributed by atoms with Crippen LogP contribution in [0.1, 0.15) is 17.3 Å². The second-order valence-corrected chi connectivity index (χ2v) is 12.0. The maximum absolute atomic E-state index is 13.2. The molecular weight excluding hydrogens is 544 g/mol. The number of ether oxygens (including phenoxy) is 1. The first-order chi connectivity index (χ1) is 18.3. The molecule has 3 aromatic carbocycles. The molecule has 38 heavy (non-hydrogen) atoms. The van der Waals surface area contributed by atoms with Crippen LogP contribution in [0, 0.1) is 0 Å². The summed E-state index contributed by atoms with van der Waals surface area (Å²) in [6.07, 6.45) is 0. The van der Waals surface area contributed by atoms with Crippen molar-refractivity contribution >= 4 is 59.9 Å². The van der Waals surface area contributed by atoms with Crippen molar-refractivity contribution < 1.29 is 17.9 Å². The average molecular weight is 571 g/mol. The van der Waals surface area contributed by atoms with Crippen molar-refractivity contribution in [2.24, 2.45) is 0 Å². The Morgan fingerprint density at radius 3 is 2.34 bits per heavy atom. The molecule has 2 heterocycles. The van der Waals surface area contributed by atoms with Crippen molar-refractivity contribution in [2.45, 2.75) is 11.8 Å². The Labute approximate surface area is 231 Å². The summed E-state index contributed by atoms with van der Waals surface area (Å²) in [4.78, 5) is 22.0. The van der Waals surface area contributed by atoms with Crippen LogP contribution in [0.4, 0.5) is 10.8 Å². The van der Waals surface area contributed by atoms with Crippen molar-refractivity contribution in [1.29, 1.82) is 0 Å². The van der Waals surface area contributed by atoms with Crippen LogP contribution in [0.25, 0.3) is 10.2 Å². The highest BCUT2D eigenvalue weighted by Crippen LogP contribution is 2.38. The normalized spacial score (nSPS) is 14.1. The summed E-state index contributed by atoms with van der Waals surface area (Å²) in [5.74, 6) is 0.443. The van der Waals surface area contributed by atoms with Crippen LogP contribution in [0.2, 0.25) is 5.02 Å². The second kappa shape index (κ2) is 10.8. The van der Waals surface area contributed by atoms with Gasteiger partial charge in [0.2, 0.25) is 0 Å². The van der Waals surface area contributed by atoms with Crippen molar-refractivity contribution in [3.63, 3.8) is 0 Å². The smallest absolute Gasteiger partial charge is 0.264 e. The van der Waals surface area contributed by atoms with Crippen LogP contribution in [0.5, 0.6) is 5.75 Å². The number of halogens is 1. The molecule has 0 unspecified atom stereocenters. The minimum atomic E-state index is -3.75. The molecule has 0 bridgehead atoms. The third kappa shape index (κ3) is 4.91. The zero-order chi connectivity index (χ0) is 26.9. The highest BCUT2D eigenvalue weighted by atomic mass is 35.5. The van der Waals surface area contributed by atoms with E-state index in [9.17, 15) is 13.2 Å². The first-order valence-corrected chi connectivity index (χ1v) is 14.8. The molecule has 1 amide bonds. The number of nitrogens with zero attached hydrogens (tertiary/aromatic N) is 4. The molecule has 0 saturated carbocycles. The molecule has 0 atom stereocenters. The molecule has 8 nitrogen and oxygen atoms in total. The highest BCUT2D eigenvalue weighted by molar-refractivity contribution is 7.92. The van der Waals surface area contributed by atoms with Crippen molar-refractivity contribution in [3.05, 3.63) is 77.3 Å². The fraction of sp³-hybridized carbons (Fsp3) is 0.259. The van der Waals surface area contributed by atoms with E-state index in [4.69, 9.17) is 21.3 Å². The maximum atomic E-state index is 13.2. The SMILES string of the molecule is CCN(c1ccccc1)S(=O)(=O)c1ccc(C(=O)N2CCN(c3nc4c(OC)c(Cl)ccc4s3)CC2)cc1. The first kappa shape index (κ1) is 26.3. The van der Waals surface area contributed by atoms with Gasteiger partial charge in [-0.2, -0.15) is 0 Å². The number of rotatable bonds is 7. The van der Waals surface area contributed by atoms with Crippen LogP contribution in [0.15, 0.2) is 71.6 Å². The zero-order valence-corrected chi connectivity index (χ0v) is 23.4. The third-order valence-electron chi connectivity index (χ3n) is 6.52. The van der Waals surface area contributed by atoms with Gasteiger partial charge in [0.05, 0.1) is 27.4 Å².